The van der Waals surface area contributed by atoms with Gasteiger partial charge in [-0.15, -0.1) is 0 Å². The summed E-state index contributed by atoms with van der Waals surface area (Å²) in [5.41, 5.74) is 14.2. The molecule has 77 valence electrons. The molecule has 0 saturated heterocycles. The maximum atomic E-state index is 9.67. The molecule has 0 spiro atoms. The fraction of sp³-hybridized carbons (Fsp3) is 0.455. The molecule has 0 saturated carbocycles. The van der Waals surface area contributed by atoms with Gasteiger partial charge in [0.2, 0.25) is 0 Å². The van der Waals surface area contributed by atoms with Gasteiger partial charge in [0, 0.05) is 11.1 Å². The van der Waals surface area contributed by atoms with E-state index >= 15 is 0 Å². The number of nitrogens with two attached hydrogens (primary N) is 1. The molecule has 1 aromatic carbocycles. The lowest BCUT2D eigenvalue weighted by molar-refractivity contribution is 0.381. The van der Waals surface area contributed by atoms with Crippen LogP contribution in [0.25, 0.3) is 0 Å². The molecule has 1 rings (SSSR count). The van der Waals surface area contributed by atoms with Crippen molar-refractivity contribution in [3.8, 4) is 5.75 Å². The predicted octanol–water partition coefficient (Wildman–Crippen LogP) is 2.28. The van der Waals surface area contributed by atoms with Crippen LogP contribution in [0.3, 0.4) is 0 Å². The van der Waals surface area contributed by atoms with Gasteiger partial charge >= 0.3 is 0 Å². The zero-order valence-electron chi connectivity index (χ0n) is 8.67. The highest BCUT2D eigenvalue weighted by Crippen LogP contribution is 2.33. The molecule has 4 N–H and O–H groups in total. The van der Waals surface area contributed by atoms with Gasteiger partial charge in [-0.3, -0.25) is 0 Å². The smallest absolute Gasteiger partial charge is 0.120 e. The van der Waals surface area contributed by atoms with E-state index in [1.165, 1.54) is 6.07 Å². The molecule has 0 aliphatic heterocycles. The Morgan fingerprint density at radius 2 is 1.93 bits per heavy atom. The van der Waals surface area contributed by atoms with Crippen LogP contribution in [-0.2, 0) is 5.54 Å². The first-order valence-corrected chi connectivity index (χ1v) is 4.87. The van der Waals surface area contributed by atoms with Gasteiger partial charge in [-0.25, -0.2) is 0 Å². The minimum absolute atomic E-state index is 0.187. The van der Waals surface area contributed by atoms with Crippen molar-refractivity contribution in [1.29, 1.82) is 0 Å². The van der Waals surface area contributed by atoms with E-state index in [4.69, 9.17) is 11.5 Å². The Kier molecular flexibility index (Phi) is 3.01. The number of hydrogen-bond acceptors (Lipinski definition) is 2. The van der Waals surface area contributed by atoms with Gasteiger partial charge < -0.3 is 16.6 Å². The highest BCUT2D eigenvalue weighted by Gasteiger charge is 2.26. The van der Waals surface area contributed by atoms with Crippen molar-refractivity contribution in [3.05, 3.63) is 23.8 Å². The fourth-order valence-corrected chi connectivity index (χ4v) is 1.57. The lowest BCUT2D eigenvalue weighted by Crippen LogP contribution is -2.35. The Morgan fingerprint density at radius 3 is 2.43 bits per heavy atom. The topological polar surface area (TPSA) is 70.0 Å². The van der Waals surface area contributed by atoms with Crippen molar-refractivity contribution < 1.29 is 5.11 Å². The first-order chi connectivity index (χ1) is 6.53. The normalized spacial score (nSPS) is 11.6. The Morgan fingerprint density at radius 1 is 1.36 bits per heavy atom. The predicted molar refractivity (Wildman–Crippen MR) is 57.3 cm³/mol. The Bertz CT molecular complexity index is 319. The van der Waals surface area contributed by atoms with E-state index in [1.54, 1.807) is 12.1 Å². The van der Waals surface area contributed by atoms with Gasteiger partial charge in [0.05, 0.1) is 5.69 Å². The maximum Gasteiger partial charge on any atom is 0.120 e. The van der Waals surface area contributed by atoms with Gasteiger partial charge in [0.1, 0.15) is 5.75 Å². The number of phenolic OH excluding ortho intramolecular Hbond substituents is 1. The SMILES string of the molecule is CCC(N)(CC)c1cc([NH])ccc1O. The summed E-state index contributed by atoms with van der Waals surface area (Å²) in [5.74, 6) is 0.187. The number of hydrogen-bond donors (Lipinski definition) is 2. The van der Waals surface area contributed by atoms with Crippen molar-refractivity contribution in [2.45, 2.75) is 32.2 Å². The van der Waals surface area contributed by atoms with E-state index in [0.717, 1.165) is 12.8 Å². The molecule has 1 radical (unpaired) electrons. The Labute approximate surface area is 84.7 Å². The molecule has 0 amide bonds. The van der Waals surface area contributed by atoms with Gasteiger partial charge in [0.15, 0.2) is 0 Å². The number of benzene rings is 1. The third-order valence-corrected chi connectivity index (χ3v) is 2.79. The van der Waals surface area contributed by atoms with E-state index in [2.05, 4.69) is 0 Å². The summed E-state index contributed by atoms with van der Waals surface area (Å²) in [6.07, 6.45) is 1.50. The van der Waals surface area contributed by atoms with Crippen molar-refractivity contribution >= 4 is 5.69 Å². The number of phenols is 1. The molecule has 1 aromatic rings. The molecule has 0 aliphatic rings. The third-order valence-electron chi connectivity index (χ3n) is 2.79. The van der Waals surface area contributed by atoms with Gasteiger partial charge in [-0.1, -0.05) is 13.8 Å². The highest BCUT2D eigenvalue weighted by atomic mass is 16.3. The molecule has 0 bridgehead atoms. The van der Waals surface area contributed by atoms with Crippen LogP contribution < -0.4 is 11.5 Å². The summed E-state index contributed by atoms with van der Waals surface area (Å²) >= 11 is 0. The van der Waals surface area contributed by atoms with E-state index in [9.17, 15) is 5.11 Å². The number of rotatable bonds is 3. The summed E-state index contributed by atoms with van der Waals surface area (Å²) in [6, 6.07) is 4.73. The van der Waals surface area contributed by atoms with Crippen LogP contribution in [0.2, 0.25) is 0 Å². The van der Waals surface area contributed by atoms with Crippen molar-refractivity contribution in [1.82, 2.24) is 5.73 Å². The second-order valence-electron chi connectivity index (χ2n) is 3.60. The maximum absolute atomic E-state index is 9.67. The Balaban J connectivity index is 3.22. The zero-order chi connectivity index (χ0) is 10.8. The van der Waals surface area contributed by atoms with Crippen LogP contribution in [0.5, 0.6) is 5.75 Å². The number of nitrogens with one attached hydrogen (secondary N) is 1. The quantitative estimate of drug-likeness (QED) is 0.723. The lowest BCUT2D eigenvalue weighted by atomic mass is 9.85. The minimum atomic E-state index is -0.513. The molecule has 0 unspecified atom stereocenters. The van der Waals surface area contributed by atoms with Crippen LogP contribution in [0.1, 0.15) is 32.3 Å². The van der Waals surface area contributed by atoms with Crippen LogP contribution in [-0.4, -0.2) is 5.11 Å². The number of aromatic hydroxyl groups is 1. The second-order valence-corrected chi connectivity index (χ2v) is 3.60. The molecule has 0 aliphatic carbocycles. The average Bonchev–Trinajstić information content (AvgIpc) is 2.20. The highest BCUT2D eigenvalue weighted by molar-refractivity contribution is 5.48. The average molecular weight is 193 g/mol. The van der Waals surface area contributed by atoms with E-state index in [0.29, 0.717) is 11.3 Å². The summed E-state index contributed by atoms with van der Waals surface area (Å²) in [5, 5.41) is 9.67. The molecule has 3 nitrogen and oxygen atoms in total. The van der Waals surface area contributed by atoms with Crippen LogP contribution in [0.15, 0.2) is 18.2 Å². The van der Waals surface area contributed by atoms with Gasteiger partial charge in [0.25, 0.3) is 0 Å². The monoisotopic (exact) mass is 193 g/mol. The minimum Gasteiger partial charge on any atom is -0.508 e. The molecule has 14 heavy (non-hydrogen) atoms. The fourth-order valence-electron chi connectivity index (χ4n) is 1.57. The summed E-state index contributed by atoms with van der Waals surface area (Å²) in [7, 11) is 0. The van der Waals surface area contributed by atoms with Crippen molar-refractivity contribution in [2.75, 3.05) is 0 Å². The largest absolute Gasteiger partial charge is 0.508 e. The van der Waals surface area contributed by atoms with Crippen molar-refractivity contribution in [2.24, 2.45) is 5.73 Å². The summed E-state index contributed by atoms with van der Waals surface area (Å²) < 4.78 is 0. The van der Waals surface area contributed by atoms with Crippen LogP contribution >= 0.6 is 0 Å². The van der Waals surface area contributed by atoms with Gasteiger partial charge in [-0.2, -0.15) is 0 Å². The molecule has 0 atom stereocenters. The van der Waals surface area contributed by atoms with Crippen molar-refractivity contribution in [3.63, 3.8) is 0 Å². The first kappa shape index (κ1) is 10.9. The van der Waals surface area contributed by atoms with E-state index in [1.807, 2.05) is 13.8 Å². The third kappa shape index (κ3) is 1.82. The molecule has 0 aromatic heterocycles. The molecule has 0 fully saturated rings. The molecular weight excluding hydrogens is 176 g/mol. The molecule has 3 heteroatoms. The van der Waals surface area contributed by atoms with E-state index < -0.39 is 5.54 Å². The van der Waals surface area contributed by atoms with Gasteiger partial charge in [-0.05, 0) is 31.0 Å². The standard InChI is InChI=1S/C11H17N2O/c1-3-11(13,4-2)9-7-8(12)5-6-10(9)14/h5-7,12,14H,3-4,13H2,1-2H3. The van der Waals surface area contributed by atoms with Crippen LogP contribution in [0.4, 0.5) is 5.69 Å². The summed E-state index contributed by atoms with van der Waals surface area (Å²) in [4.78, 5) is 0. The second kappa shape index (κ2) is 3.88. The van der Waals surface area contributed by atoms with Crippen LogP contribution in [0, 0.1) is 0 Å². The summed E-state index contributed by atoms with van der Waals surface area (Å²) in [6.45, 7) is 3.97. The molecule has 0 heterocycles. The first-order valence-electron chi connectivity index (χ1n) is 4.87. The molecular formula is C11H17N2O. The Hall–Kier alpha value is -1.22. The zero-order valence-corrected chi connectivity index (χ0v) is 8.67. The van der Waals surface area contributed by atoms with E-state index in [-0.39, 0.29) is 5.75 Å². The lowest BCUT2D eigenvalue weighted by Gasteiger charge is -2.28.